The van der Waals surface area contributed by atoms with Crippen LogP contribution in [-0.4, -0.2) is 10.9 Å². The average molecular weight is 336 g/mol. The van der Waals surface area contributed by atoms with Gasteiger partial charge in [0, 0.05) is 11.8 Å². The zero-order valence-electron chi connectivity index (χ0n) is 14.8. The van der Waals surface area contributed by atoms with Crippen LogP contribution in [0.15, 0.2) is 35.1 Å². The van der Waals surface area contributed by atoms with Crippen LogP contribution < -0.4 is 10.9 Å². The number of nitrogens with one attached hydrogen (secondary N) is 2. The maximum atomic E-state index is 13.1. The van der Waals surface area contributed by atoms with Gasteiger partial charge in [0.25, 0.3) is 0 Å². The second-order valence-electron chi connectivity index (χ2n) is 7.63. The Kier molecular flexibility index (Phi) is 3.78. The average Bonchev–Trinajstić information content (AvgIpc) is 3.35. The molecular formula is C21H24N2O2. The molecule has 0 aliphatic heterocycles. The summed E-state index contributed by atoms with van der Waals surface area (Å²) >= 11 is 0. The number of carbonyl (C=O) groups is 1. The van der Waals surface area contributed by atoms with Crippen molar-refractivity contribution in [3.63, 3.8) is 0 Å². The molecule has 0 radical (unpaired) electrons. The lowest BCUT2D eigenvalue weighted by molar-refractivity contribution is -0.124. The van der Waals surface area contributed by atoms with Crippen LogP contribution in [-0.2, 0) is 16.6 Å². The molecule has 4 heteroatoms. The number of hydrogen-bond donors (Lipinski definition) is 2. The maximum absolute atomic E-state index is 13.1. The highest BCUT2D eigenvalue weighted by molar-refractivity contribution is 5.91. The van der Waals surface area contributed by atoms with Crippen LogP contribution in [0, 0.1) is 13.8 Å². The van der Waals surface area contributed by atoms with Crippen molar-refractivity contribution in [1.29, 1.82) is 0 Å². The number of carbonyl (C=O) groups excluding carboxylic acids is 1. The van der Waals surface area contributed by atoms with Gasteiger partial charge in [-0.15, -0.1) is 0 Å². The first-order chi connectivity index (χ1) is 12.0. The number of fused-ring (bicyclic) bond motifs is 1. The lowest BCUT2D eigenvalue weighted by Crippen LogP contribution is -2.39. The summed E-state index contributed by atoms with van der Waals surface area (Å²) in [5, 5.41) is 3.27. The second kappa shape index (κ2) is 5.87. The summed E-state index contributed by atoms with van der Waals surface area (Å²) in [5.74, 6) is 0.126. The van der Waals surface area contributed by atoms with Crippen molar-refractivity contribution in [2.24, 2.45) is 0 Å². The first kappa shape index (κ1) is 16.1. The highest BCUT2D eigenvalue weighted by atomic mass is 16.2. The Hall–Kier alpha value is -2.36. The summed E-state index contributed by atoms with van der Waals surface area (Å²) in [7, 11) is 0. The van der Waals surface area contributed by atoms with Crippen LogP contribution >= 0.6 is 0 Å². The number of rotatable bonds is 3. The molecule has 1 aromatic heterocycles. The van der Waals surface area contributed by atoms with Crippen molar-refractivity contribution < 1.29 is 4.79 Å². The first-order valence-corrected chi connectivity index (χ1v) is 9.10. The fraction of sp³-hybridized carbons (Fsp3) is 0.429. The van der Waals surface area contributed by atoms with Gasteiger partial charge in [-0.3, -0.25) is 9.59 Å². The number of hydrogen-bond acceptors (Lipinski definition) is 2. The van der Waals surface area contributed by atoms with Crippen LogP contribution in [0.3, 0.4) is 0 Å². The molecule has 0 bridgehead atoms. The molecule has 2 aliphatic carbocycles. The Labute approximate surface area is 147 Å². The van der Waals surface area contributed by atoms with Gasteiger partial charge in [0.2, 0.25) is 11.5 Å². The van der Waals surface area contributed by atoms with Gasteiger partial charge in [0.1, 0.15) is 0 Å². The molecule has 4 nitrogen and oxygen atoms in total. The molecule has 0 spiro atoms. The van der Waals surface area contributed by atoms with E-state index in [2.05, 4.69) is 42.3 Å². The maximum Gasteiger partial charge on any atom is 0.248 e. The van der Waals surface area contributed by atoms with Crippen LogP contribution in [0.2, 0.25) is 0 Å². The van der Waals surface area contributed by atoms with E-state index < -0.39 is 0 Å². The summed E-state index contributed by atoms with van der Waals surface area (Å²) in [5.41, 5.74) is 5.15. The minimum absolute atomic E-state index is 0.00326. The molecule has 1 aromatic carbocycles. The third kappa shape index (κ3) is 2.90. The van der Waals surface area contributed by atoms with E-state index in [0.717, 1.165) is 48.9 Å². The zero-order valence-corrected chi connectivity index (χ0v) is 14.8. The van der Waals surface area contributed by atoms with E-state index in [0.29, 0.717) is 0 Å². The molecule has 2 N–H and O–H groups in total. The Morgan fingerprint density at radius 1 is 1.16 bits per heavy atom. The minimum atomic E-state index is -0.365. The van der Waals surface area contributed by atoms with Crippen molar-refractivity contribution in [2.75, 3.05) is 0 Å². The number of pyridine rings is 1. The van der Waals surface area contributed by atoms with Crippen molar-refractivity contribution in [1.82, 2.24) is 10.3 Å². The predicted octanol–water partition coefficient (Wildman–Crippen LogP) is 3.22. The fourth-order valence-electron chi connectivity index (χ4n) is 4.17. The lowest BCUT2D eigenvalue weighted by Gasteiger charge is -2.28. The van der Waals surface area contributed by atoms with E-state index in [1.165, 1.54) is 11.1 Å². The van der Waals surface area contributed by atoms with Crippen molar-refractivity contribution in [2.45, 2.75) is 57.4 Å². The van der Waals surface area contributed by atoms with E-state index in [9.17, 15) is 9.59 Å². The standard InChI is InChI=1S/C21H24N2O2/c1-13-10-14(2)12-15(11-13)21(8-9-21)20(25)23-18-5-3-4-17-16(18)6-7-19(24)22-17/h6-7,10-12,18H,3-5,8-9H2,1-2H3,(H,22,24)(H,23,25). The van der Waals surface area contributed by atoms with Gasteiger partial charge in [-0.25, -0.2) is 0 Å². The molecule has 1 unspecified atom stereocenters. The molecule has 2 aliphatic rings. The normalized spacial score (nSPS) is 20.6. The van der Waals surface area contributed by atoms with Crippen LogP contribution in [0.25, 0.3) is 0 Å². The number of aromatic amines is 1. The van der Waals surface area contributed by atoms with Gasteiger partial charge in [-0.2, -0.15) is 0 Å². The molecule has 0 saturated heterocycles. The number of amides is 1. The Bertz CT molecular complexity index is 873. The van der Waals surface area contributed by atoms with Crippen LogP contribution in [0.5, 0.6) is 0 Å². The van der Waals surface area contributed by atoms with Gasteiger partial charge >= 0.3 is 0 Å². The van der Waals surface area contributed by atoms with Crippen LogP contribution in [0.4, 0.5) is 0 Å². The highest BCUT2D eigenvalue weighted by Gasteiger charge is 2.51. The molecule has 4 rings (SSSR count). The van der Waals surface area contributed by atoms with E-state index in [1.54, 1.807) is 6.07 Å². The predicted molar refractivity (Wildman–Crippen MR) is 97.7 cm³/mol. The third-order valence-electron chi connectivity index (χ3n) is 5.60. The highest BCUT2D eigenvalue weighted by Crippen LogP contribution is 2.49. The number of H-pyrrole nitrogens is 1. The first-order valence-electron chi connectivity index (χ1n) is 9.10. The van der Waals surface area contributed by atoms with Crippen LogP contribution in [0.1, 0.15) is 59.7 Å². The molecular weight excluding hydrogens is 312 g/mol. The largest absolute Gasteiger partial charge is 0.348 e. The molecule has 1 heterocycles. The van der Waals surface area contributed by atoms with Crippen molar-refractivity contribution in [3.8, 4) is 0 Å². The SMILES string of the molecule is Cc1cc(C)cc(C2(C(=O)NC3CCCc4[nH]c(=O)ccc43)CC2)c1. The number of benzene rings is 1. The molecule has 1 amide bonds. The third-order valence-corrected chi connectivity index (χ3v) is 5.60. The minimum Gasteiger partial charge on any atom is -0.348 e. The monoisotopic (exact) mass is 336 g/mol. The molecule has 2 aromatic rings. The molecule has 1 saturated carbocycles. The van der Waals surface area contributed by atoms with E-state index >= 15 is 0 Å². The Morgan fingerprint density at radius 2 is 1.88 bits per heavy atom. The number of aryl methyl sites for hydroxylation is 3. The Balaban J connectivity index is 1.60. The van der Waals surface area contributed by atoms with Gasteiger partial charge in [0.05, 0.1) is 11.5 Å². The molecule has 130 valence electrons. The summed E-state index contributed by atoms with van der Waals surface area (Å²) in [4.78, 5) is 27.6. The number of aromatic nitrogens is 1. The fourth-order valence-corrected chi connectivity index (χ4v) is 4.17. The lowest BCUT2D eigenvalue weighted by atomic mass is 9.88. The summed E-state index contributed by atoms with van der Waals surface area (Å²) in [6.07, 6.45) is 4.60. The summed E-state index contributed by atoms with van der Waals surface area (Å²) < 4.78 is 0. The molecule has 1 atom stereocenters. The quantitative estimate of drug-likeness (QED) is 0.904. The topological polar surface area (TPSA) is 62.0 Å². The zero-order chi connectivity index (χ0) is 17.6. The second-order valence-corrected chi connectivity index (χ2v) is 7.63. The summed E-state index contributed by atoms with van der Waals surface area (Å²) in [6, 6.07) is 9.86. The molecule has 25 heavy (non-hydrogen) atoms. The summed E-state index contributed by atoms with van der Waals surface area (Å²) in [6.45, 7) is 4.16. The van der Waals surface area contributed by atoms with Gasteiger partial charge in [-0.05, 0) is 63.1 Å². The van der Waals surface area contributed by atoms with Crippen molar-refractivity contribution in [3.05, 3.63) is 68.6 Å². The van der Waals surface area contributed by atoms with E-state index in [1.807, 2.05) is 6.07 Å². The van der Waals surface area contributed by atoms with E-state index in [4.69, 9.17) is 0 Å². The smallest absolute Gasteiger partial charge is 0.248 e. The van der Waals surface area contributed by atoms with E-state index in [-0.39, 0.29) is 22.9 Å². The van der Waals surface area contributed by atoms with Crippen molar-refractivity contribution >= 4 is 5.91 Å². The van der Waals surface area contributed by atoms with Gasteiger partial charge in [-0.1, -0.05) is 29.3 Å². The van der Waals surface area contributed by atoms with Gasteiger partial charge < -0.3 is 10.3 Å². The Morgan fingerprint density at radius 3 is 2.56 bits per heavy atom. The van der Waals surface area contributed by atoms with Gasteiger partial charge in [0.15, 0.2) is 0 Å². The molecule has 1 fully saturated rings.